The Morgan fingerprint density at radius 3 is 2.38 bits per heavy atom. The summed E-state index contributed by atoms with van der Waals surface area (Å²) in [6, 6.07) is 0. The summed E-state index contributed by atoms with van der Waals surface area (Å²) in [6.07, 6.45) is 4.16. The first-order chi connectivity index (χ1) is 9.54. The molecular formula is C15H28IN3O2. The molecular weight excluding hydrogens is 381 g/mol. The standard InChI is InChI=1S/C15H27N3O2.HI/c1-4-15(2,19)9-17-14(16-3)18-7-10-11(8-18)13-6-5-12(10)20-13;/h10-13,19H,4-9H2,1-3H3,(H,16,17);1H. The molecule has 0 spiro atoms. The lowest BCUT2D eigenvalue weighted by molar-refractivity contribution is 0.0589. The number of rotatable bonds is 3. The van der Waals surface area contributed by atoms with Gasteiger partial charge in [0.2, 0.25) is 0 Å². The summed E-state index contributed by atoms with van der Waals surface area (Å²) in [5.74, 6) is 2.28. The van der Waals surface area contributed by atoms with Crippen LogP contribution in [0.15, 0.2) is 4.99 Å². The summed E-state index contributed by atoms with van der Waals surface area (Å²) in [4.78, 5) is 6.73. The van der Waals surface area contributed by atoms with E-state index in [1.54, 1.807) is 0 Å². The van der Waals surface area contributed by atoms with E-state index in [1.807, 2.05) is 20.9 Å². The molecule has 2 N–H and O–H groups in total. The zero-order chi connectivity index (χ0) is 14.3. The quantitative estimate of drug-likeness (QED) is 0.421. The molecule has 0 aromatic heterocycles. The van der Waals surface area contributed by atoms with Gasteiger partial charge in [0.15, 0.2) is 5.96 Å². The van der Waals surface area contributed by atoms with Crippen molar-refractivity contribution >= 4 is 29.9 Å². The molecule has 0 amide bonds. The molecule has 5 nitrogen and oxygen atoms in total. The predicted molar refractivity (Wildman–Crippen MR) is 94.1 cm³/mol. The predicted octanol–water partition coefficient (Wildman–Crippen LogP) is 1.45. The molecule has 3 saturated heterocycles. The molecule has 21 heavy (non-hydrogen) atoms. The first-order valence-electron chi connectivity index (χ1n) is 7.87. The summed E-state index contributed by atoms with van der Waals surface area (Å²) >= 11 is 0. The van der Waals surface area contributed by atoms with Gasteiger partial charge in [0.1, 0.15) is 0 Å². The monoisotopic (exact) mass is 409 g/mol. The molecule has 3 rings (SSSR count). The second-order valence-corrected chi connectivity index (χ2v) is 6.77. The molecule has 3 fully saturated rings. The maximum absolute atomic E-state index is 10.1. The fourth-order valence-corrected chi connectivity index (χ4v) is 3.86. The van der Waals surface area contributed by atoms with E-state index in [1.165, 1.54) is 12.8 Å². The van der Waals surface area contributed by atoms with Gasteiger partial charge in [-0.25, -0.2) is 0 Å². The third-order valence-electron chi connectivity index (χ3n) is 5.35. The Labute approximate surface area is 144 Å². The zero-order valence-corrected chi connectivity index (χ0v) is 15.5. The van der Waals surface area contributed by atoms with Crippen molar-refractivity contribution < 1.29 is 9.84 Å². The van der Waals surface area contributed by atoms with Crippen LogP contribution in [0, 0.1) is 11.8 Å². The molecule has 0 saturated carbocycles. The third kappa shape index (κ3) is 3.32. The Hall–Kier alpha value is -0.0800. The number of aliphatic hydroxyl groups is 1. The maximum atomic E-state index is 10.1. The van der Waals surface area contributed by atoms with Crippen molar-refractivity contribution in [1.82, 2.24) is 10.2 Å². The fraction of sp³-hybridized carbons (Fsp3) is 0.933. The number of likely N-dealkylation sites (tertiary alicyclic amines) is 1. The summed E-state index contributed by atoms with van der Waals surface area (Å²) in [5.41, 5.74) is -0.673. The second-order valence-electron chi connectivity index (χ2n) is 6.77. The average Bonchev–Trinajstić information content (AvgIpc) is 3.11. The van der Waals surface area contributed by atoms with Gasteiger partial charge >= 0.3 is 0 Å². The molecule has 122 valence electrons. The summed E-state index contributed by atoms with van der Waals surface area (Å²) in [7, 11) is 1.82. The highest BCUT2D eigenvalue weighted by atomic mass is 127. The minimum atomic E-state index is -0.673. The van der Waals surface area contributed by atoms with Crippen LogP contribution < -0.4 is 5.32 Å². The minimum absolute atomic E-state index is 0. The number of ether oxygens (including phenoxy) is 1. The fourth-order valence-electron chi connectivity index (χ4n) is 3.86. The van der Waals surface area contributed by atoms with Crippen molar-refractivity contribution in [3.63, 3.8) is 0 Å². The van der Waals surface area contributed by atoms with Gasteiger partial charge in [0.05, 0.1) is 17.8 Å². The summed E-state index contributed by atoms with van der Waals surface area (Å²) in [6.45, 7) is 6.49. The van der Waals surface area contributed by atoms with E-state index in [0.29, 0.717) is 30.6 Å². The van der Waals surface area contributed by atoms with Crippen LogP contribution in [0.25, 0.3) is 0 Å². The highest BCUT2D eigenvalue weighted by molar-refractivity contribution is 14.0. The van der Waals surface area contributed by atoms with Crippen LogP contribution in [-0.2, 0) is 4.74 Å². The number of aliphatic imine (C=N–C) groups is 1. The lowest BCUT2D eigenvalue weighted by atomic mass is 9.82. The van der Waals surface area contributed by atoms with E-state index < -0.39 is 5.60 Å². The first kappa shape index (κ1) is 17.3. The highest BCUT2D eigenvalue weighted by Crippen LogP contribution is 2.47. The lowest BCUT2D eigenvalue weighted by Gasteiger charge is -2.27. The smallest absolute Gasteiger partial charge is 0.193 e. The van der Waals surface area contributed by atoms with Gasteiger partial charge in [-0.3, -0.25) is 4.99 Å². The van der Waals surface area contributed by atoms with Crippen molar-refractivity contribution in [2.45, 2.75) is 50.9 Å². The van der Waals surface area contributed by atoms with Crippen molar-refractivity contribution in [3.8, 4) is 0 Å². The number of hydrogen-bond acceptors (Lipinski definition) is 3. The number of fused-ring (bicyclic) bond motifs is 5. The Morgan fingerprint density at radius 2 is 1.90 bits per heavy atom. The van der Waals surface area contributed by atoms with E-state index >= 15 is 0 Å². The Morgan fingerprint density at radius 1 is 1.33 bits per heavy atom. The van der Waals surface area contributed by atoms with Crippen LogP contribution >= 0.6 is 24.0 Å². The van der Waals surface area contributed by atoms with E-state index in [-0.39, 0.29) is 24.0 Å². The van der Waals surface area contributed by atoms with Gasteiger partial charge in [-0.2, -0.15) is 0 Å². The van der Waals surface area contributed by atoms with Crippen LogP contribution in [0.1, 0.15) is 33.1 Å². The third-order valence-corrected chi connectivity index (χ3v) is 5.35. The molecule has 0 radical (unpaired) electrons. The Kier molecular flexibility index (Phi) is 5.41. The van der Waals surface area contributed by atoms with E-state index in [9.17, 15) is 5.11 Å². The minimum Gasteiger partial charge on any atom is -0.388 e. The van der Waals surface area contributed by atoms with E-state index in [4.69, 9.17) is 4.74 Å². The topological polar surface area (TPSA) is 57.1 Å². The van der Waals surface area contributed by atoms with E-state index in [0.717, 1.165) is 25.5 Å². The van der Waals surface area contributed by atoms with Crippen LogP contribution in [0.4, 0.5) is 0 Å². The van der Waals surface area contributed by atoms with E-state index in [2.05, 4.69) is 15.2 Å². The van der Waals surface area contributed by atoms with Crippen molar-refractivity contribution in [3.05, 3.63) is 0 Å². The van der Waals surface area contributed by atoms with Crippen molar-refractivity contribution in [2.24, 2.45) is 16.8 Å². The van der Waals surface area contributed by atoms with Crippen LogP contribution in [0.5, 0.6) is 0 Å². The molecule has 5 unspecified atom stereocenters. The number of hydrogen-bond donors (Lipinski definition) is 2. The number of halogens is 1. The molecule has 0 aromatic carbocycles. The largest absolute Gasteiger partial charge is 0.388 e. The van der Waals surface area contributed by atoms with Gasteiger partial charge in [-0.1, -0.05) is 6.92 Å². The highest BCUT2D eigenvalue weighted by Gasteiger charge is 2.53. The SMILES string of the molecule is CCC(C)(O)CNC(=NC)N1CC2C3CCC(O3)C2C1.I. The number of guanidine groups is 1. The number of nitrogens with zero attached hydrogens (tertiary/aromatic N) is 2. The molecule has 0 aromatic rings. The van der Waals surface area contributed by atoms with Crippen molar-refractivity contribution in [1.29, 1.82) is 0 Å². The normalized spacial score (nSPS) is 37.1. The van der Waals surface area contributed by atoms with Crippen LogP contribution in [0.3, 0.4) is 0 Å². The summed E-state index contributed by atoms with van der Waals surface area (Å²) < 4.78 is 6.01. The number of nitrogens with one attached hydrogen (secondary N) is 1. The van der Waals surface area contributed by atoms with Crippen molar-refractivity contribution in [2.75, 3.05) is 26.7 Å². The molecule has 3 aliphatic rings. The summed E-state index contributed by atoms with van der Waals surface area (Å²) in [5, 5.41) is 13.4. The molecule has 6 heteroatoms. The van der Waals surface area contributed by atoms with Crippen LogP contribution in [-0.4, -0.2) is 60.5 Å². The maximum Gasteiger partial charge on any atom is 0.193 e. The molecule has 3 heterocycles. The van der Waals surface area contributed by atoms with Crippen LogP contribution in [0.2, 0.25) is 0 Å². The molecule has 3 aliphatic heterocycles. The van der Waals surface area contributed by atoms with Gasteiger partial charge in [-0.05, 0) is 26.2 Å². The van der Waals surface area contributed by atoms with Gasteiger partial charge in [0.25, 0.3) is 0 Å². The average molecular weight is 409 g/mol. The molecule has 2 bridgehead atoms. The molecule has 0 aliphatic carbocycles. The van der Waals surface area contributed by atoms with Gasteiger partial charge < -0.3 is 20.1 Å². The zero-order valence-electron chi connectivity index (χ0n) is 13.2. The Bertz CT molecular complexity index is 384. The lowest BCUT2D eigenvalue weighted by Crippen LogP contribution is -2.47. The molecule has 5 atom stereocenters. The van der Waals surface area contributed by atoms with Gasteiger partial charge in [-0.15, -0.1) is 24.0 Å². The Balaban J connectivity index is 0.00000161. The first-order valence-corrected chi connectivity index (χ1v) is 7.87. The van der Waals surface area contributed by atoms with Gasteiger partial charge in [0, 0.05) is 38.5 Å². The second kappa shape index (κ2) is 6.58.